The van der Waals surface area contributed by atoms with E-state index in [9.17, 15) is 14.4 Å². The zero-order valence-corrected chi connectivity index (χ0v) is 19.4. The molecule has 8 heteroatoms. The van der Waals surface area contributed by atoms with Gasteiger partial charge in [-0.2, -0.15) is 0 Å². The summed E-state index contributed by atoms with van der Waals surface area (Å²) >= 11 is 0. The molecule has 5 rings (SSSR count). The molecule has 1 heterocycles. The lowest BCUT2D eigenvalue weighted by atomic mass is 9.92. The number of benzene rings is 2. The molecule has 1 N–H and O–H groups in total. The van der Waals surface area contributed by atoms with Gasteiger partial charge in [0.15, 0.2) is 5.54 Å². The maximum absolute atomic E-state index is 13.7. The molecule has 34 heavy (non-hydrogen) atoms. The molecule has 1 spiro atoms. The molecule has 2 aromatic carbocycles. The number of nitrogens with zero attached hydrogens (tertiary/aromatic N) is 3. The van der Waals surface area contributed by atoms with Crippen LogP contribution in [0.3, 0.4) is 0 Å². The second-order valence-electron chi connectivity index (χ2n) is 9.25. The molecule has 2 fully saturated rings. The normalized spacial score (nSPS) is 23.2. The molecule has 1 saturated carbocycles. The molecule has 0 aromatic heterocycles. The van der Waals surface area contributed by atoms with Gasteiger partial charge in [0.1, 0.15) is 13.7 Å². The fourth-order valence-electron chi connectivity index (χ4n) is 5.11. The number of fused-ring (bicyclic) bond motifs is 2. The first kappa shape index (κ1) is 22.1. The lowest BCUT2D eigenvalue weighted by Gasteiger charge is -2.31. The summed E-state index contributed by atoms with van der Waals surface area (Å²) in [6.45, 7) is 2.20. The van der Waals surface area contributed by atoms with Crippen LogP contribution in [0.15, 0.2) is 59.8 Å². The van der Waals surface area contributed by atoms with Crippen LogP contribution in [0, 0.1) is 5.92 Å². The lowest BCUT2D eigenvalue weighted by molar-refractivity contribution is -0.140. The van der Waals surface area contributed by atoms with Gasteiger partial charge in [0, 0.05) is 24.6 Å². The van der Waals surface area contributed by atoms with Gasteiger partial charge >= 0.3 is 6.03 Å². The molecule has 176 valence electrons. The highest BCUT2D eigenvalue weighted by Crippen LogP contribution is 2.42. The van der Waals surface area contributed by atoms with E-state index in [-0.39, 0.29) is 24.9 Å². The summed E-state index contributed by atoms with van der Waals surface area (Å²) in [6, 6.07) is 16.6. The Morgan fingerprint density at radius 1 is 1.18 bits per heavy atom. The standard InChI is InChI=1S/C26H28N4O4/c1-17(19-12-13-19)29(15-18-8-4-3-5-9-18)23(31)16-30-24(32)26(27-25(30)33)14-22(28-34-2)20-10-6-7-11-21(20)26/h3-11,17,19H,12-16H2,1-2H3,(H,27,33)/b28-22-. The number of nitrogens with one attached hydrogen (secondary N) is 1. The van der Waals surface area contributed by atoms with Gasteiger partial charge in [-0.1, -0.05) is 59.8 Å². The van der Waals surface area contributed by atoms with E-state index in [1.807, 2.05) is 61.5 Å². The number of carbonyl (C=O) groups excluding carboxylic acids is 3. The predicted molar refractivity (Wildman–Crippen MR) is 126 cm³/mol. The summed E-state index contributed by atoms with van der Waals surface area (Å²) < 4.78 is 0. The molecule has 0 radical (unpaired) electrons. The van der Waals surface area contributed by atoms with Crippen molar-refractivity contribution in [3.63, 3.8) is 0 Å². The zero-order valence-electron chi connectivity index (χ0n) is 19.4. The Morgan fingerprint density at radius 2 is 1.88 bits per heavy atom. The van der Waals surface area contributed by atoms with E-state index in [1.54, 1.807) is 4.90 Å². The number of amides is 4. The number of rotatable bonds is 7. The lowest BCUT2D eigenvalue weighted by Crippen LogP contribution is -2.47. The van der Waals surface area contributed by atoms with Crippen LogP contribution in [0.25, 0.3) is 0 Å². The van der Waals surface area contributed by atoms with Crippen LogP contribution in [-0.4, -0.2) is 53.1 Å². The van der Waals surface area contributed by atoms with E-state index in [1.165, 1.54) is 7.11 Å². The molecule has 2 aromatic rings. The third kappa shape index (κ3) is 3.73. The molecule has 0 bridgehead atoms. The maximum atomic E-state index is 13.7. The molecule has 4 amide bonds. The number of urea groups is 1. The summed E-state index contributed by atoms with van der Waals surface area (Å²) in [6.07, 6.45) is 2.36. The Morgan fingerprint density at radius 3 is 2.59 bits per heavy atom. The monoisotopic (exact) mass is 460 g/mol. The number of imide groups is 1. The molecular weight excluding hydrogens is 432 g/mol. The van der Waals surface area contributed by atoms with Gasteiger partial charge in [0.25, 0.3) is 5.91 Å². The Bertz CT molecular complexity index is 1160. The fourth-order valence-corrected chi connectivity index (χ4v) is 5.11. The zero-order chi connectivity index (χ0) is 23.9. The van der Waals surface area contributed by atoms with Crippen molar-refractivity contribution in [1.29, 1.82) is 0 Å². The van der Waals surface area contributed by atoms with Gasteiger partial charge in [-0.25, -0.2) is 4.79 Å². The van der Waals surface area contributed by atoms with Crippen LogP contribution in [-0.2, 0) is 26.5 Å². The predicted octanol–water partition coefficient (Wildman–Crippen LogP) is 3.02. The minimum Gasteiger partial charge on any atom is -0.399 e. The third-order valence-electron chi connectivity index (χ3n) is 7.11. The van der Waals surface area contributed by atoms with E-state index in [0.29, 0.717) is 23.7 Å². The van der Waals surface area contributed by atoms with Crippen molar-refractivity contribution in [3.05, 3.63) is 71.3 Å². The fraction of sp³-hybridized carbons (Fsp3) is 0.385. The first-order valence-corrected chi connectivity index (χ1v) is 11.6. The molecule has 3 aliphatic rings. The summed E-state index contributed by atoms with van der Waals surface area (Å²) in [5.74, 6) is -0.212. The van der Waals surface area contributed by atoms with Crippen molar-refractivity contribution in [2.45, 2.75) is 44.3 Å². The van der Waals surface area contributed by atoms with Crippen molar-refractivity contribution in [3.8, 4) is 0 Å². The van der Waals surface area contributed by atoms with Crippen LogP contribution in [0.2, 0.25) is 0 Å². The third-order valence-corrected chi connectivity index (χ3v) is 7.11. The minimum atomic E-state index is -1.27. The van der Waals surface area contributed by atoms with Crippen LogP contribution in [0.1, 0.15) is 42.9 Å². The Hall–Kier alpha value is -3.68. The summed E-state index contributed by atoms with van der Waals surface area (Å²) in [5.41, 5.74) is 1.78. The second-order valence-corrected chi connectivity index (χ2v) is 9.25. The average Bonchev–Trinajstić information content (AvgIpc) is 3.62. The SMILES string of the molecule is CO/N=C1/CC2(NC(=O)N(CC(=O)N(Cc3ccccc3)C(C)C3CC3)C2=O)c2ccccc21. The summed E-state index contributed by atoms with van der Waals surface area (Å²) in [5, 5.41) is 6.94. The van der Waals surface area contributed by atoms with Gasteiger partial charge in [-0.05, 0) is 36.8 Å². The highest BCUT2D eigenvalue weighted by molar-refractivity contribution is 6.17. The van der Waals surface area contributed by atoms with Crippen LogP contribution >= 0.6 is 0 Å². The highest BCUT2D eigenvalue weighted by Gasteiger charge is 2.57. The number of carbonyl (C=O) groups is 3. The first-order chi connectivity index (χ1) is 16.4. The van der Waals surface area contributed by atoms with Crippen molar-refractivity contribution < 1.29 is 19.2 Å². The summed E-state index contributed by atoms with van der Waals surface area (Å²) in [7, 11) is 1.45. The minimum absolute atomic E-state index is 0.0371. The topological polar surface area (TPSA) is 91.3 Å². The second kappa shape index (κ2) is 8.59. The molecule has 2 atom stereocenters. The number of hydrogen-bond acceptors (Lipinski definition) is 5. The van der Waals surface area contributed by atoms with E-state index < -0.39 is 17.5 Å². The van der Waals surface area contributed by atoms with E-state index in [2.05, 4.69) is 10.5 Å². The van der Waals surface area contributed by atoms with Gasteiger partial charge in [-0.15, -0.1) is 0 Å². The Kier molecular flexibility index (Phi) is 5.59. The van der Waals surface area contributed by atoms with E-state index in [0.717, 1.165) is 28.9 Å². The first-order valence-electron chi connectivity index (χ1n) is 11.6. The van der Waals surface area contributed by atoms with Crippen molar-refractivity contribution in [2.24, 2.45) is 11.1 Å². The summed E-state index contributed by atoms with van der Waals surface area (Å²) in [4.78, 5) is 48.0. The van der Waals surface area contributed by atoms with Gasteiger partial charge < -0.3 is 15.1 Å². The molecule has 1 aliphatic heterocycles. The highest BCUT2D eigenvalue weighted by atomic mass is 16.6. The van der Waals surface area contributed by atoms with E-state index >= 15 is 0 Å². The van der Waals surface area contributed by atoms with Gasteiger partial charge in [-0.3, -0.25) is 14.5 Å². The van der Waals surface area contributed by atoms with Crippen molar-refractivity contribution in [2.75, 3.05) is 13.7 Å². The Labute approximate surface area is 198 Å². The Balaban J connectivity index is 1.40. The number of hydrogen-bond donors (Lipinski definition) is 1. The molecule has 2 unspecified atom stereocenters. The van der Waals surface area contributed by atoms with Crippen LogP contribution < -0.4 is 5.32 Å². The van der Waals surface area contributed by atoms with Gasteiger partial charge in [0.2, 0.25) is 5.91 Å². The molecule has 8 nitrogen and oxygen atoms in total. The maximum Gasteiger partial charge on any atom is 0.325 e. The van der Waals surface area contributed by atoms with E-state index in [4.69, 9.17) is 4.84 Å². The smallest absolute Gasteiger partial charge is 0.325 e. The molecular formula is C26H28N4O4. The van der Waals surface area contributed by atoms with Crippen molar-refractivity contribution in [1.82, 2.24) is 15.1 Å². The van der Waals surface area contributed by atoms with Crippen molar-refractivity contribution >= 4 is 23.6 Å². The largest absolute Gasteiger partial charge is 0.399 e. The average molecular weight is 461 g/mol. The molecule has 2 aliphatic carbocycles. The number of oxime groups is 1. The van der Waals surface area contributed by atoms with Gasteiger partial charge in [0.05, 0.1) is 5.71 Å². The quantitative estimate of drug-likeness (QED) is 0.508. The van der Waals surface area contributed by atoms with Crippen LogP contribution in [0.5, 0.6) is 0 Å². The molecule has 1 saturated heterocycles. The van der Waals surface area contributed by atoms with Crippen LogP contribution in [0.4, 0.5) is 4.79 Å².